The van der Waals surface area contributed by atoms with Gasteiger partial charge in [-0.1, -0.05) is 0 Å². The molecule has 0 aliphatic carbocycles. The Morgan fingerprint density at radius 3 is 3.09 bits per heavy atom. The number of carbonyl (C=O) groups is 1. The number of methoxy groups -OCH3 is 1. The van der Waals surface area contributed by atoms with Crippen LogP contribution in [0.1, 0.15) is 23.1 Å². The highest BCUT2D eigenvalue weighted by molar-refractivity contribution is 5.94. The smallest absolute Gasteiger partial charge is 0.338 e. The number of benzene rings is 1. The van der Waals surface area contributed by atoms with Crippen molar-refractivity contribution >= 4 is 5.97 Å². The molecule has 2 heterocycles. The van der Waals surface area contributed by atoms with Crippen LogP contribution in [0.5, 0.6) is 11.5 Å². The Morgan fingerprint density at radius 2 is 2.36 bits per heavy atom. The van der Waals surface area contributed by atoms with Crippen LogP contribution in [0, 0.1) is 0 Å². The summed E-state index contributed by atoms with van der Waals surface area (Å²) in [5.74, 6) is 0.0704. The SMILES string of the molecule is COC[C@H](C)Oc1cc2c(c(C(=O)O)c1)-n1nnnc1CO2. The van der Waals surface area contributed by atoms with E-state index in [4.69, 9.17) is 14.2 Å². The number of rotatable bonds is 5. The predicted molar refractivity (Wildman–Crippen MR) is 72.4 cm³/mol. The molecule has 1 aromatic heterocycles. The first-order chi connectivity index (χ1) is 10.6. The maximum Gasteiger partial charge on any atom is 0.338 e. The molecule has 0 saturated carbocycles. The number of hydrogen-bond acceptors (Lipinski definition) is 7. The van der Waals surface area contributed by atoms with Crippen LogP contribution < -0.4 is 9.47 Å². The largest absolute Gasteiger partial charge is 0.488 e. The number of tetrazole rings is 1. The van der Waals surface area contributed by atoms with Crippen LogP contribution in [-0.4, -0.2) is 51.1 Å². The molecular formula is C13H14N4O5. The van der Waals surface area contributed by atoms with Crippen molar-refractivity contribution in [1.82, 2.24) is 20.2 Å². The summed E-state index contributed by atoms with van der Waals surface area (Å²) in [4.78, 5) is 11.6. The molecule has 9 heteroatoms. The minimum absolute atomic E-state index is 0.00497. The molecule has 1 aromatic carbocycles. The second kappa shape index (κ2) is 5.60. The minimum atomic E-state index is -1.12. The summed E-state index contributed by atoms with van der Waals surface area (Å²) in [6.45, 7) is 2.37. The molecule has 0 saturated heterocycles. The Bertz CT molecular complexity index is 714. The Kier molecular flexibility index (Phi) is 3.63. The number of hydrogen-bond donors (Lipinski definition) is 1. The monoisotopic (exact) mass is 306 g/mol. The Balaban J connectivity index is 2.05. The van der Waals surface area contributed by atoms with E-state index in [-0.39, 0.29) is 18.3 Å². The number of carboxylic acid groups (broad SMARTS) is 1. The summed E-state index contributed by atoms with van der Waals surface area (Å²) in [5.41, 5.74) is 0.302. The van der Waals surface area contributed by atoms with Crippen molar-refractivity contribution in [3.8, 4) is 17.2 Å². The van der Waals surface area contributed by atoms with Gasteiger partial charge in [0.2, 0.25) is 0 Å². The molecule has 22 heavy (non-hydrogen) atoms. The molecule has 0 bridgehead atoms. The van der Waals surface area contributed by atoms with Crippen LogP contribution >= 0.6 is 0 Å². The van der Waals surface area contributed by atoms with E-state index in [2.05, 4.69) is 15.5 Å². The number of ether oxygens (including phenoxy) is 3. The minimum Gasteiger partial charge on any atom is -0.488 e. The highest BCUT2D eigenvalue weighted by atomic mass is 16.5. The molecule has 0 fully saturated rings. The molecule has 2 aromatic rings. The van der Waals surface area contributed by atoms with Crippen molar-refractivity contribution in [2.75, 3.05) is 13.7 Å². The third-order valence-electron chi connectivity index (χ3n) is 3.12. The number of nitrogens with zero attached hydrogens (tertiary/aromatic N) is 4. The molecule has 0 spiro atoms. The average molecular weight is 306 g/mol. The van der Waals surface area contributed by atoms with Gasteiger partial charge in [-0.25, -0.2) is 4.79 Å². The van der Waals surface area contributed by atoms with E-state index in [1.807, 2.05) is 6.92 Å². The van der Waals surface area contributed by atoms with Gasteiger partial charge in [0.15, 0.2) is 5.82 Å². The zero-order chi connectivity index (χ0) is 15.7. The topological polar surface area (TPSA) is 109 Å². The van der Waals surface area contributed by atoms with Gasteiger partial charge >= 0.3 is 5.97 Å². The molecule has 0 unspecified atom stereocenters. The lowest BCUT2D eigenvalue weighted by molar-refractivity contribution is 0.0692. The van der Waals surface area contributed by atoms with Crippen molar-refractivity contribution in [2.45, 2.75) is 19.6 Å². The highest BCUT2D eigenvalue weighted by Gasteiger charge is 2.27. The Labute approximate surface area is 125 Å². The van der Waals surface area contributed by atoms with E-state index in [0.717, 1.165) is 0 Å². The first-order valence-electron chi connectivity index (χ1n) is 6.57. The fraction of sp³-hybridized carbons (Fsp3) is 0.385. The van der Waals surface area contributed by atoms with Crippen molar-refractivity contribution in [1.29, 1.82) is 0 Å². The maximum absolute atomic E-state index is 11.6. The molecule has 1 N–H and O–H groups in total. The van der Waals surface area contributed by atoms with Gasteiger partial charge in [0.25, 0.3) is 0 Å². The van der Waals surface area contributed by atoms with Gasteiger partial charge in [0, 0.05) is 13.2 Å². The van der Waals surface area contributed by atoms with Crippen LogP contribution in [0.4, 0.5) is 0 Å². The summed E-state index contributed by atoms with van der Waals surface area (Å²) < 4.78 is 17.6. The molecule has 1 atom stereocenters. The third-order valence-corrected chi connectivity index (χ3v) is 3.12. The zero-order valence-corrected chi connectivity index (χ0v) is 12.0. The summed E-state index contributed by atoms with van der Waals surface area (Å²) in [7, 11) is 1.57. The van der Waals surface area contributed by atoms with E-state index in [1.54, 1.807) is 13.2 Å². The van der Waals surface area contributed by atoms with E-state index in [0.29, 0.717) is 29.6 Å². The predicted octanol–water partition coefficient (Wildman–Crippen LogP) is 0.667. The number of carboxylic acids is 1. The Morgan fingerprint density at radius 1 is 1.55 bits per heavy atom. The van der Waals surface area contributed by atoms with E-state index < -0.39 is 5.97 Å². The van der Waals surface area contributed by atoms with Gasteiger partial charge in [-0.3, -0.25) is 0 Å². The number of fused-ring (bicyclic) bond motifs is 3. The molecule has 3 rings (SSSR count). The molecule has 1 aliphatic rings. The summed E-state index contributed by atoms with van der Waals surface area (Å²) in [5, 5.41) is 20.6. The highest BCUT2D eigenvalue weighted by Crippen LogP contribution is 2.35. The maximum atomic E-state index is 11.6. The summed E-state index contributed by atoms with van der Waals surface area (Å²) in [6.07, 6.45) is -0.225. The van der Waals surface area contributed by atoms with Crippen molar-refractivity contribution in [2.24, 2.45) is 0 Å². The Hall–Kier alpha value is -2.68. The van der Waals surface area contributed by atoms with E-state index in [9.17, 15) is 9.90 Å². The molecule has 0 amide bonds. The van der Waals surface area contributed by atoms with Crippen LogP contribution in [0.2, 0.25) is 0 Å². The fourth-order valence-corrected chi connectivity index (χ4v) is 2.25. The van der Waals surface area contributed by atoms with Crippen LogP contribution in [0.3, 0.4) is 0 Å². The van der Waals surface area contributed by atoms with Crippen LogP contribution in [0.15, 0.2) is 12.1 Å². The second-order valence-corrected chi connectivity index (χ2v) is 4.80. The van der Waals surface area contributed by atoms with Crippen LogP contribution in [0.25, 0.3) is 5.69 Å². The van der Waals surface area contributed by atoms with Gasteiger partial charge in [-0.2, -0.15) is 4.68 Å². The van der Waals surface area contributed by atoms with Gasteiger partial charge in [0.1, 0.15) is 29.9 Å². The van der Waals surface area contributed by atoms with Gasteiger partial charge in [-0.05, 0) is 23.4 Å². The van der Waals surface area contributed by atoms with E-state index in [1.165, 1.54) is 10.7 Å². The first-order valence-corrected chi connectivity index (χ1v) is 6.57. The molecule has 0 radical (unpaired) electrons. The third kappa shape index (κ3) is 2.46. The molecule has 1 aliphatic heterocycles. The average Bonchev–Trinajstić information content (AvgIpc) is 2.94. The summed E-state index contributed by atoms with van der Waals surface area (Å²) >= 11 is 0. The molecule has 9 nitrogen and oxygen atoms in total. The second-order valence-electron chi connectivity index (χ2n) is 4.80. The lowest BCUT2D eigenvalue weighted by atomic mass is 10.1. The van der Waals surface area contributed by atoms with Crippen LogP contribution in [-0.2, 0) is 11.3 Å². The fourth-order valence-electron chi connectivity index (χ4n) is 2.25. The lowest BCUT2D eigenvalue weighted by Gasteiger charge is -2.21. The van der Waals surface area contributed by atoms with Crippen molar-refractivity contribution in [3.05, 3.63) is 23.5 Å². The number of aromatic carboxylic acids is 1. The van der Waals surface area contributed by atoms with E-state index >= 15 is 0 Å². The van der Waals surface area contributed by atoms with Crippen molar-refractivity contribution < 1.29 is 24.1 Å². The lowest BCUT2D eigenvalue weighted by Crippen LogP contribution is -2.20. The first kappa shape index (κ1) is 14.3. The van der Waals surface area contributed by atoms with Gasteiger partial charge in [-0.15, -0.1) is 5.10 Å². The normalized spacial score (nSPS) is 13.7. The molecule has 116 valence electrons. The van der Waals surface area contributed by atoms with Crippen molar-refractivity contribution in [3.63, 3.8) is 0 Å². The zero-order valence-electron chi connectivity index (χ0n) is 12.0. The number of aromatic nitrogens is 4. The van der Waals surface area contributed by atoms with Gasteiger partial charge < -0.3 is 19.3 Å². The quantitative estimate of drug-likeness (QED) is 0.858. The van der Waals surface area contributed by atoms with Gasteiger partial charge in [0.05, 0.1) is 12.2 Å². The standard InChI is InChI=1S/C13H14N4O5/c1-7(5-20-2)22-8-3-9(13(18)19)12-10(4-8)21-6-11-14-15-16-17(11)12/h3-4,7H,5-6H2,1-2H3,(H,18,19)/t7-/m0/s1. The summed E-state index contributed by atoms with van der Waals surface area (Å²) in [6, 6.07) is 3.05. The molecular weight excluding hydrogens is 292 g/mol.